The molecule has 8 nitrogen and oxygen atoms in total. The van der Waals surface area contributed by atoms with Crippen LogP contribution in [0.25, 0.3) is 10.9 Å². The first-order valence-electron chi connectivity index (χ1n) is 11.9. The van der Waals surface area contributed by atoms with Gasteiger partial charge in [-0.3, -0.25) is 14.4 Å². The second-order valence-corrected chi connectivity index (χ2v) is 9.91. The maximum atomic E-state index is 14.6. The summed E-state index contributed by atoms with van der Waals surface area (Å²) in [6.07, 6.45) is 3.05. The molecule has 1 saturated heterocycles. The highest BCUT2D eigenvalue weighted by Crippen LogP contribution is 2.48. The molecule has 3 atom stereocenters. The molecule has 1 aliphatic heterocycles. The van der Waals surface area contributed by atoms with Crippen LogP contribution in [0.2, 0.25) is 5.02 Å². The number of piperidine rings is 1. The topological polar surface area (TPSA) is 97.7 Å². The average Bonchev–Trinajstić information content (AvgIpc) is 3.39. The van der Waals surface area contributed by atoms with Gasteiger partial charge in [-0.1, -0.05) is 29.8 Å². The van der Waals surface area contributed by atoms with Gasteiger partial charge in [-0.2, -0.15) is 0 Å². The number of halogens is 2. The summed E-state index contributed by atoms with van der Waals surface area (Å²) < 4.78 is 21.0. The standard InChI is InChI=1S/C27H25ClFN3O5/c1-14(33)19-12-31(21-6-4-3-5-18(19)21)13-24(34)32-22-9-15(22)10-23(32)26(35)30-11-17-7-16(27(36)37-2)8-20(28)25(17)29/h3-8,12,15,22-23H,9-11,13H2,1-2H3,(H,30,35)/t15-,22-,23+/m1/s1. The number of likely N-dealkylation sites (tertiary alicyclic amines) is 1. The zero-order valence-electron chi connectivity index (χ0n) is 20.3. The van der Waals surface area contributed by atoms with E-state index < -0.39 is 23.7 Å². The lowest BCUT2D eigenvalue weighted by molar-refractivity contribution is -0.140. The van der Waals surface area contributed by atoms with Crippen molar-refractivity contribution in [3.8, 4) is 0 Å². The van der Waals surface area contributed by atoms with Crippen molar-refractivity contribution in [2.45, 2.75) is 44.9 Å². The molecule has 37 heavy (non-hydrogen) atoms. The van der Waals surface area contributed by atoms with Gasteiger partial charge in [-0.05, 0) is 43.9 Å². The van der Waals surface area contributed by atoms with Gasteiger partial charge in [-0.25, -0.2) is 9.18 Å². The van der Waals surface area contributed by atoms with Crippen molar-refractivity contribution in [3.05, 3.63) is 70.1 Å². The predicted octanol–water partition coefficient (Wildman–Crippen LogP) is 3.73. The number of carbonyl (C=O) groups excluding carboxylic acids is 4. The molecule has 192 valence electrons. The number of rotatable bonds is 7. The van der Waals surface area contributed by atoms with Crippen molar-refractivity contribution in [1.29, 1.82) is 0 Å². The number of Topliss-reactive ketones (excluding diaryl/α,β-unsaturated/α-hetero) is 1. The quantitative estimate of drug-likeness (QED) is 0.374. The molecule has 0 radical (unpaired) electrons. The fourth-order valence-corrected chi connectivity index (χ4v) is 5.48. The fourth-order valence-electron chi connectivity index (χ4n) is 5.25. The van der Waals surface area contributed by atoms with E-state index >= 15 is 0 Å². The van der Waals surface area contributed by atoms with Crippen LogP contribution in [0.1, 0.15) is 46.0 Å². The molecule has 2 heterocycles. The van der Waals surface area contributed by atoms with Gasteiger partial charge in [0.1, 0.15) is 18.4 Å². The second kappa shape index (κ2) is 9.63. The molecule has 3 aromatic rings. The molecule has 1 aliphatic carbocycles. The van der Waals surface area contributed by atoms with E-state index in [4.69, 9.17) is 11.6 Å². The number of aromatic nitrogens is 1. The van der Waals surface area contributed by atoms with Crippen LogP contribution in [0, 0.1) is 11.7 Å². The molecule has 1 N–H and O–H groups in total. The lowest BCUT2D eigenvalue weighted by Gasteiger charge is -2.27. The molecule has 1 saturated carbocycles. The van der Waals surface area contributed by atoms with Crippen LogP contribution in [-0.2, 0) is 27.4 Å². The van der Waals surface area contributed by atoms with E-state index in [1.807, 2.05) is 24.3 Å². The Labute approximate surface area is 217 Å². The van der Waals surface area contributed by atoms with E-state index in [9.17, 15) is 23.6 Å². The van der Waals surface area contributed by atoms with E-state index in [1.54, 1.807) is 15.7 Å². The summed E-state index contributed by atoms with van der Waals surface area (Å²) in [6.45, 7) is 1.28. The van der Waals surface area contributed by atoms with Crippen LogP contribution in [0.4, 0.5) is 4.39 Å². The van der Waals surface area contributed by atoms with Crippen LogP contribution < -0.4 is 5.32 Å². The number of amides is 2. The SMILES string of the molecule is COC(=O)c1cc(Cl)c(F)c(CNC(=O)[C@@H]2C[C@H]3C[C@H]3N2C(=O)Cn2cc(C(C)=O)c3ccccc32)c1. The van der Waals surface area contributed by atoms with Gasteiger partial charge in [-0.15, -0.1) is 0 Å². The minimum Gasteiger partial charge on any atom is -0.465 e. The number of nitrogens with one attached hydrogen (secondary N) is 1. The maximum absolute atomic E-state index is 14.6. The molecule has 0 bridgehead atoms. The number of hydrogen-bond acceptors (Lipinski definition) is 5. The highest BCUT2D eigenvalue weighted by atomic mass is 35.5. The van der Waals surface area contributed by atoms with Gasteiger partial charge in [0, 0.05) is 40.8 Å². The lowest BCUT2D eigenvalue weighted by Crippen LogP contribution is -2.48. The van der Waals surface area contributed by atoms with E-state index in [0.29, 0.717) is 12.0 Å². The van der Waals surface area contributed by atoms with Gasteiger partial charge in [0.25, 0.3) is 0 Å². The van der Waals surface area contributed by atoms with E-state index in [2.05, 4.69) is 10.1 Å². The minimum absolute atomic E-state index is 0.00773. The monoisotopic (exact) mass is 525 g/mol. The Bertz CT molecular complexity index is 1450. The average molecular weight is 526 g/mol. The second-order valence-electron chi connectivity index (χ2n) is 9.50. The highest BCUT2D eigenvalue weighted by molar-refractivity contribution is 6.31. The Morgan fingerprint density at radius 3 is 2.65 bits per heavy atom. The summed E-state index contributed by atoms with van der Waals surface area (Å²) in [5, 5.41) is 3.22. The number of para-hydroxylation sites is 1. The van der Waals surface area contributed by atoms with E-state index in [-0.39, 0.29) is 52.9 Å². The molecule has 2 aromatic carbocycles. The molecule has 10 heteroatoms. The smallest absolute Gasteiger partial charge is 0.337 e. The third-order valence-electron chi connectivity index (χ3n) is 7.15. The van der Waals surface area contributed by atoms with Crippen molar-refractivity contribution >= 4 is 46.1 Å². The Morgan fingerprint density at radius 2 is 1.92 bits per heavy atom. The highest BCUT2D eigenvalue weighted by Gasteiger charge is 2.55. The summed E-state index contributed by atoms with van der Waals surface area (Å²) in [5.41, 5.74) is 1.42. The van der Waals surface area contributed by atoms with Gasteiger partial charge in [0.15, 0.2) is 5.78 Å². The molecule has 2 fully saturated rings. The molecular weight excluding hydrogens is 501 g/mol. The van der Waals surface area contributed by atoms with Crippen molar-refractivity contribution in [1.82, 2.24) is 14.8 Å². The maximum Gasteiger partial charge on any atom is 0.337 e. The number of ether oxygens (including phenoxy) is 1. The summed E-state index contributed by atoms with van der Waals surface area (Å²) in [6, 6.07) is 9.14. The van der Waals surface area contributed by atoms with Crippen LogP contribution >= 0.6 is 11.6 Å². The molecule has 0 spiro atoms. The fraction of sp³-hybridized carbons (Fsp3) is 0.333. The van der Waals surface area contributed by atoms with Crippen molar-refractivity contribution in [2.75, 3.05) is 7.11 Å². The first-order valence-corrected chi connectivity index (χ1v) is 12.3. The van der Waals surface area contributed by atoms with Gasteiger partial charge < -0.3 is 19.5 Å². The minimum atomic E-state index is -0.738. The van der Waals surface area contributed by atoms with Crippen molar-refractivity contribution in [2.24, 2.45) is 5.92 Å². The zero-order chi connectivity index (χ0) is 26.4. The first kappa shape index (κ1) is 25.0. The third-order valence-corrected chi connectivity index (χ3v) is 7.42. The van der Waals surface area contributed by atoms with Crippen LogP contribution in [0.3, 0.4) is 0 Å². The summed E-state index contributed by atoms with van der Waals surface area (Å²) in [7, 11) is 1.20. The molecule has 0 unspecified atom stereocenters. The zero-order valence-corrected chi connectivity index (χ0v) is 21.0. The Hall–Kier alpha value is -3.72. The number of hydrogen-bond donors (Lipinski definition) is 1. The number of methoxy groups -OCH3 is 1. The third kappa shape index (κ3) is 4.59. The van der Waals surface area contributed by atoms with Crippen LogP contribution in [0.15, 0.2) is 42.6 Å². The van der Waals surface area contributed by atoms with Gasteiger partial charge in [0.2, 0.25) is 11.8 Å². The number of carbonyl (C=O) groups is 4. The summed E-state index contributed by atoms with van der Waals surface area (Å²) >= 11 is 5.92. The van der Waals surface area contributed by atoms with Gasteiger partial charge in [0.05, 0.1) is 17.7 Å². The molecule has 1 aromatic heterocycles. The predicted molar refractivity (Wildman–Crippen MR) is 134 cm³/mol. The lowest BCUT2D eigenvalue weighted by atomic mass is 10.1. The Morgan fingerprint density at radius 1 is 1.16 bits per heavy atom. The molecule has 2 amide bonds. The van der Waals surface area contributed by atoms with Crippen LogP contribution in [0.5, 0.6) is 0 Å². The Balaban J connectivity index is 1.32. The number of nitrogens with zero attached hydrogens (tertiary/aromatic N) is 2. The number of ketones is 1. The number of esters is 1. The normalized spacial score (nSPS) is 20.0. The largest absolute Gasteiger partial charge is 0.465 e. The first-order chi connectivity index (χ1) is 17.7. The van der Waals surface area contributed by atoms with E-state index in [1.165, 1.54) is 26.2 Å². The number of fused-ring (bicyclic) bond motifs is 2. The van der Waals surface area contributed by atoms with Crippen LogP contribution in [-0.4, -0.2) is 52.2 Å². The summed E-state index contributed by atoms with van der Waals surface area (Å²) in [5.74, 6) is -1.87. The molecular formula is C27H25ClFN3O5. The summed E-state index contributed by atoms with van der Waals surface area (Å²) in [4.78, 5) is 52.1. The Kier molecular flexibility index (Phi) is 6.49. The molecule has 2 aliphatic rings. The van der Waals surface area contributed by atoms with Gasteiger partial charge >= 0.3 is 5.97 Å². The van der Waals surface area contributed by atoms with E-state index in [0.717, 1.165) is 17.3 Å². The number of benzene rings is 2. The van der Waals surface area contributed by atoms with Crippen molar-refractivity contribution in [3.63, 3.8) is 0 Å². The molecule has 5 rings (SSSR count). The van der Waals surface area contributed by atoms with Crippen molar-refractivity contribution < 1.29 is 28.3 Å².